The summed E-state index contributed by atoms with van der Waals surface area (Å²) in [7, 11) is 0. The number of hydrogen-bond acceptors (Lipinski definition) is 1. The molecule has 1 nitrogen and oxygen atoms in total. The van der Waals surface area contributed by atoms with Crippen LogP contribution in [0.5, 0.6) is 0 Å². The zero-order valence-corrected chi connectivity index (χ0v) is 11.7. The van der Waals surface area contributed by atoms with Crippen LogP contribution in [0.15, 0.2) is 12.2 Å². The van der Waals surface area contributed by atoms with Crippen molar-refractivity contribution in [2.45, 2.75) is 53.9 Å². The molecular weight excluding hydrogens is 196 g/mol. The van der Waals surface area contributed by atoms with Gasteiger partial charge >= 0.3 is 0 Å². The molecule has 0 aromatic carbocycles. The molecule has 0 saturated heterocycles. The molecule has 0 aliphatic carbocycles. The van der Waals surface area contributed by atoms with Gasteiger partial charge in [-0.15, -0.1) is 0 Å². The van der Waals surface area contributed by atoms with Crippen LogP contribution in [-0.4, -0.2) is 11.7 Å². The van der Waals surface area contributed by atoms with Gasteiger partial charge in [-0.05, 0) is 42.9 Å². The predicted octanol–water partition coefficient (Wildman–Crippen LogP) is 4.27. The van der Waals surface area contributed by atoms with Crippen LogP contribution < -0.4 is 0 Å². The first-order valence-electron chi connectivity index (χ1n) is 6.73. The topological polar surface area (TPSA) is 20.2 Å². The second kappa shape index (κ2) is 8.81. The Morgan fingerprint density at radius 2 is 1.44 bits per heavy atom. The van der Waals surface area contributed by atoms with Crippen LogP contribution in [0.2, 0.25) is 0 Å². The monoisotopic (exact) mass is 226 g/mol. The maximum Gasteiger partial charge on any atom is 0.0612 e. The van der Waals surface area contributed by atoms with E-state index in [-0.39, 0.29) is 6.61 Å². The van der Waals surface area contributed by atoms with Gasteiger partial charge in [0.15, 0.2) is 0 Å². The van der Waals surface area contributed by atoms with Gasteiger partial charge in [-0.3, -0.25) is 0 Å². The Morgan fingerprint density at radius 1 is 0.875 bits per heavy atom. The third-order valence-electron chi connectivity index (χ3n) is 3.02. The highest BCUT2D eigenvalue weighted by Gasteiger charge is 2.12. The average molecular weight is 226 g/mol. The van der Waals surface area contributed by atoms with E-state index in [1.54, 1.807) is 0 Å². The summed E-state index contributed by atoms with van der Waals surface area (Å²) >= 11 is 0. The highest BCUT2D eigenvalue weighted by Crippen LogP contribution is 2.24. The highest BCUT2D eigenvalue weighted by atomic mass is 16.2. The molecule has 0 unspecified atom stereocenters. The molecule has 0 radical (unpaired) electrons. The molecule has 16 heavy (non-hydrogen) atoms. The first-order chi connectivity index (χ1) is 7.45. The van der Waals surface area contributed by atoms with Crippen molar-refractivity contribution in [1.29, 1.82) is 0 Å². The van der Waals surface area contributed by atoms with Gasteiger partial charge in [0.2, 0.25) is 0 Å². The van der Waals surface area contributed by atoms with E-state index in [1.807, 2.05) is 6.08 Å². The van der Waals surface area contributed by atoms with Crippen molar-refractivity contribution in [3.63, 3.8) is 0 Å². The predicted molar refractivity (Wildman–Crippen MR) is 72.4 cm³/mol. The molecule has 0 rings (SSSR count). The van der Waals surface area contributed by atoms with Crippen molar-refractivity contribution >= 4 is 0 Å². The summed E-state index contributed by atoms with van der Waals surface area (Å²) in [6, 6.07) is 0. The smallest absolute Gasteiger partial charge is 0.0612 e. The molecule has 0 amide bonds. The van der Waals surface area contributed by atoms with Gasteiger partial charge in [0.25, 0.3) is 0 Å². The number of hydrogen-bond donors (Lipinski definition) is 1. The third kappa shape index (κ3) is 8.96. The molecule has 0 aromatic heterocycles. The minimum Gasteiger partial charge on any atom is -0.392 e. The first kappa shape index (κ1) is 15.7. The molecule has 0 bridgehead atoms. The van der Waals surface area contributed by atoms with Gasteiger partial charge in [0, 0.05) is 0 Å². The summed E-state index contributed by atoms with van der Waals surface area (Å²) in [5, 5.41) is 8.71. The van der Waals surface area contributed by atoms with Crippen LogP contribution in [0, 0.1) is 23.7 Å². The van der Waals surface area contributed by atoms with Crippen molar-refractivity contribution < 1.29 is 5.11 Å². The second-order valence-electron chi connectivity index (χ2n) is 5.90. The van der Waals surface area contributed by atoms with Gasteiger partial charge in [0.1, 0.15) is 0 Å². The second-order valence-corrected chi connectivity index (χ2v) is 5.90. The van der Waals surface area contributed by atoms with Crippen molar-refractivity contribution in [3.05, 3.63) is 12.2 Å². The fraction of sp³-hybridized carbons (Fsp3) is 0.867. The van der Waals surface area contributed by atoms with Gasteiger partial charge < -0.3 is 5.11 Å². The van der Waals surface area contributed by atoms with Crippen LogP contribution in [0.25, 0.3) is 0 Å². The molecule has 3 atom stereocenters. The summed E-state index contributed by atoms with van der Waals surface area (Å²) < 4.78 is 0. The number of aliphatic hydroxyl groups is 1. The number of allylic oxidation sites excluding steroid dienone is 1. The summed E-state index contributed by atoms with van der Waals surface area (Å²) in [6.07, 6.45) is 7.89. The van der Waals surface area contributed by atoms with E-state index in [2.05, 4.69) is 40.7 Å². The zero-order chi connectivity index (χ0) is 12.6. The summed E-state index contributed by atoms with van der Waals surface area (Å²) in [6.45, 7) is 11.7. The molecule has 0 fully saturated rings. The van der Waals surface area contributed by atoms with Crippen LogP contribution in [0.4, 0.5) is 0 Å². The molecule has 0 heterocycles. The van der Waals surface area contributed by atoms with Crippen LogP contribution in [-0.2, 0) is 0 Å². The fourth-order valence-corrected chi connectivity index (χ4v) is 2.69. The van der Waals surface area contributed by atoms with Crippen molar-refractivity contribution in [3.8, 4) is 0 Å². The molecule has 0 saturated carbocycles. The highest BCUT2D eigenvalue weighted by molar-refractivity contribution is 4.86. The van der Waals surface area contributed by atoms with Crippen molar-refractivity contribution in [1.82, 2.24) is 0 Å². The average Bonchev–Trinajstić information content (AvgIpc) is 2.12. The summed E-state index contributed by atoms with van der Waals surface area (Å²) in [5.74, 6) is 3.03. The van der Waals surface area contributed by atoms with Crippen LogP contribution >= 0.6 is 0 Å². The van der Waals surface area contributed by atoms with Crippen molar-refractivity contribution in [2.75, 3.05) is 6.61 Å². The van der Waals surface area contributed by atoms with Crippen LogP contribution in [0.1, 0.15) is 53.9 Å². The fourth-order valence-electron chi connectivity index (χ4n) is 2.69. The molecular formula is C15H30O. The minimum absolute atomic E-state index is 0.169. The van der Waals surface area contributed by atoms with Gasteiger partial charge in [-0.2, -0.15) is 0 Å². The Balaban J connectivity index is 3.79. The normalized spacial score (nSPS) is 17.9. The standard InChI is InChI=1S/C15H30O/c1-12(2)9-14(4)11-15(5)10-13(3)7-6-8-16/h6-7,12-16H,8-11H2,1-5H3/t13-,14+,15-/m0/s1. The molecule has 0 aromatic rings. The number of aliphatic hydroxyl groups excluding tert-OH is 1. The Bertz CT molecular complexity index is 184. The number of rotatable bonds is 8. The van der Waals surface area contributed by atoms with E-state index in [0.717, 1.165) is 17.8 Å². The molecule has 96 valence electrons. The largest absolute Gasteiger partial charge is 0.392 e. The third-order valence-corrected chi connectivity index (χ3v) is 3.02. The van der Waals surface area contributed by atoms with Gasteiger partial charge in [0.05, 0.1) is 6.61 Å². The maximum absolute atomic E-state index is 8.71. The van der Waals surface area contributed by atoms with Crippen LogP contribution in [0.3, 0.4) is 0 Å². The minimum atomic E-state index is 0.169. The SMILES string of the molecule is CC(C)C[C@@H](C)C[C@@H](C)C[C@@H](C)C=CCO. The summed E-state index contributed by atoms with van der Waals surface area (Å²) in [5.41, 5.74) is 0. The Hall–Kier alpha value is -0.300. The van der Waals surface area contributed by atoms with E-state index < -0.39 is 0 Å². The van der Waals surface area contributed by atoms with E-state index in [9.17, 15) is 0 Å². The van der Waals surface area contributed by atoms with E-state index in [0.29, 0.717) is 5.92 Å². The lowest BCUT2D eigenvalue weighted by molar-refractivity contribution is 0.325. The molecule has 0 aliphatic rings. The molecule has 0 spiro atoms. The first-order valence-corrected chi connectivity index (χ1v) is 6.73. The van der Waals surface area contributed by atoms with E-state index >= 15 is 0 Å². The van der Waals surface area contributed by atoms with Gasteiger partial charge in [-0.1, -0.05) is 46.8 Å². The Kier molecular flexibility index (Phi) is 8.64. The van der Waals surface area contributed by atoms with Gasteiger partial charge in [-0.25, -0.2) is 0 Å². The summed E-state index contributed by atoms with van der Waals surface area (Å²) in [4.78, 5) is 0. The lowest BCUT2D eigenvalue weighted by Gasteiger charge is -2.20. The van der Waals surface area contributed by atoms with E-state index in [4.69, 9.17) is 5.11 Å². The molecule has 0 aliphatic heterocycles. The zero-order valence-electron chi connectivity index (χ0n) is 11.7. The molecule has 1 N–H and O–H groups in total. The Morgan fingerprint density at radius 3 is 1.94 bits per heavy atom. The lowest BCUT2D eigenvalue weighted by atomic mass is 9.86. The molecule has 1 heteroatoms. The Labute approximate surface area is 102 Å². The van der Waals surface area contributed by atoms with E-state index in [1.165, 1.54) is 19.3 Å². The lowest BCUT2D eigenvalue weighted by Crippen LogP contribution is -2.08. The quantitative estimate of drug-likeness (QED) is 0.613. The van der Waals surface area contributed by atoms with Crippen molar-refractivity contribution in [2.24, 2.45) is 23.7 Å². The maximum atomic E-state index is 8.71.